The Hall–Kier alpha value is -2.61. The van der Waals surface area contributed by atoms with Gasteiger partial charge in [-0.3, -0.25) is 4.79 Å². The van der Waals surface area contributed by atoms with Crippen LogP contribution in [0.5, 0.6) is 11.5 Å². The molecule has 0 spiro atoms. The van der Waals surface area contributed by atoms with Crippen LogP contribution in [0.4, 0.5) is 0 Å². The molecule has 0 fully saturated rings. The number of benzene rings is 1. The number of amides is 1. The number of fused-ring (bicyclic) bond motifs is 1. The largest absolute Gasteiger partial charge is 0.550 e. The van der Waals surface area contributed by atoms with Crippen LogP contribution in [0, 0.1) is 0 Å². The molecule has 0 bridgehead atoms. The van der Waals surface area contributed by atoms with Crippen molar-refractivity contribution >= 4 is 23.2 Å². The number of ether oxygens (including phenoxy) is 2. The topological polar surface area (TPSA) is 101 Å². The van der Waals surface area contributed by atoms with Gasteiger partial charge in [-0.15, -0.1) is 11.3 Å². The van der Waals surface area contributed by atoms with Crippen molar-refractivity contribution in [2.24, 2.45) is 0 Å². The number of nitrogens with one attached hydrogen (secondary N) is 1. The molecule has 1 aromatic carbocycles. The molecule has 2 heterocycles. The van der Waals surface area contributed by atoms with Crippen LogP contribution >= 0.6 is 11.3 Å². The lowest BCUT2D eigenvalue weighted by atomic mass is 10.2. The molecule has 1 amide bonds. The summed E-state index contributed by atoms with van der Waals surface area (Å²) in [4.78, 5) is 26.6. The highest BCUT2D eigenvalue weighted by Gasteiger charge is 2.12. The molecule has 0 radical (unpaired) electrons. The minimum absolute atomic E-state index is 0.113. The van der Waals surface area contributed by atoms with Gasteiger partial charge in [-0.05, 0) is 17.7 Å². The Morgan fingerprint density at radius 2 is 2.00 bits per heavy atom. The minimum atomic E-state index is -1.19. The molecule has 8 heteroatoms. The lowest BCUT2D eigenvalue weighted by Gasteiger charge is -2.18. The van der Waals surface area contributed by atoms with Gasteiger partial charge in [0.25, 0.3) is 0 Å². The number of thiazole rings is 1. The van der Waals surface area contributed by atoms with E-state index in [1.165, 1.54) is 11.3 Å². The van der Waals surface area contributed by atoms with E-state index in [9.17, 15) is 14.7 Å². The zero-order chi connectivity index (χ0) is 16.9. The van der Waals surface area contributed by atoms with E-state index in [0.29, 0.717) is 42.0 Å². The van der Waals surface area contributed by atoms with Gasteiger partial charge < -0.3 is 24.7 Å². The average molecular weight is 347 g/mol. The zero-order valence-corrected chi connectivity index (χ0v) is 13.6. The van der Waals surface area contributed by atoms with Gasteiger partial charge in [0.15, 0.2) is 11.5 Å². The minimum Gasteiger partial charge on any atom is -0.550 e. The molecule has 0 aliphatic carbocycles. The Morgan fingerprint density at radius 1 is 1.21 bits per heavy atom. The third kappa shape index (κ3) is 4.23. The highest BCUT2D eigenvalue weighted by Crippen LogP contribution is 2.30. The summed E-state index contributed by atoms with van der Waals surface area (Å²) in [5.41, 5.74) is 1.32. The zero-order valence-electron chi connectivity index (χ0n) is 12.7. The van der Waals surface area contributed by atoms with Crippen molar-refractivity contribution in [3.8, 4) is 11.5 Å². The Morgan fingerprint density at radius 3 is 2.79 bits per heavy atom. The molecule has 0 atom stereocenters. The quantitative estimate of drug-likeness (QED) is 0.793. The summed E-state index contributed by atoms with van der Waals surface area (Å²) in [5.74, 6) is 0.0218. The summed E-state index contributed by atoms with van der Waals surface area (Å²) in [5, 5.41) is 15.5. The van der Waals surface area contributed by atoms with E-state index in [1.807, 2.05) is 18.2 Å². The monoisotopic (exact) mass is 347 g/mol. The number of aliphatic carboxylic acids is 1. The predicted octanol–water partition coefficient (Wildman–Crippen LogP) is 0.0656. The van der Waals surface area contributed by atoms with E-state index in [1.54, 1.807) is 5.38 Å². The van der Waals surface area contributed by atoms with Crippen LogP contribution in [0.2, 0.25) is 0 Å². The van der Waals surface area contributed by atoms with Gasteiger partial charge in [-0.1, -0.05) is 6.07 Å². The number of aromatic nitrogens is 1. The van der Waals surface area contributed by atoms with Gasteiger partial charge in [0.2, 0.25) is 5.91 Å². The molecule has 3 rings (SSSR count). The maximum atomic E-state index is 12.0. The van der Waals surface area contributed by atoms with Gasteiger partial charge in [0.1, 0.15) is 18.2 Å². The number of rotatable bonds is 6. The summed E-state index contributed by atoms with van der Waals surface area (Å²) in [6, 6.07) is 5.54. The Balaban J connectivity index is 1.52. The van der Waals surface area contributed by atoms with E-state index in [-0.39, 0.29) is 18.7 Å². The van der Waals surface area contributed by atoms with Crippen molar-refractivity contribution in [1.82, 2.24) is 10.3 Å². The van der Waals surface area contributed by atoms with Crippen molar-refractivity contribution in [2.45, 2.75) is 19.4 Å². The van der Waals surface area contributed by atoms with Crippen LogP contribution in [0.25, 0.3) is 0 Å². The maximum absolute atomic E-state index is 12.0. The highest BCUT2D eigenvalue weighted by molar-refractivity contribution is 7.09. The molecule has 2 aromatic rings. The molecule has 7 nitrogen and oxygen atoms in total. The van der Waals surface area contributed by atoms with Gasteiger partial charge >= 0.3 is 0 Å². The molecule has 1 aliphatic rings. The van der Waals surface area contributed by atoms with Crippen LogP contribution in [0.3, 0.4) is 0 Å². The highest BCUT2D eigenvalue weighted by atomic mass is 32.1. The van der Waals surface area contributed by atoms with Crippen LogP contribution in [-0.2, 0) is 29.0 Å². The number of hydrogen-bond donors (Lipinski definition) is 1. The SMILES string of the molecule is O=C([O-])Cc1csc(CC(=O)NCc2ccc3c(c2)OCCO3)n1. The smallest absolute Gasteiger partial charge is 0.227 e. The fourth-order valence-corrected chi connectivity index (χ4v) is 3.05. The van der Waals surface area contributed by atoms with Crippen LogP contribution < -0.4 is 19.9 Å². The number of hydrogen-bond acceptors (Lipinski definition) is 7. The van der Waals surface area contributed by atoms with Crippen LogP contribution in [0.15, 0.2) is 23.6 Å². The molecule has 0 saturated heterocycles. The summed E-state index contributed by atoms with van der Waals surface area (Å²) in [7, 11) is 0. The standard InChI is InChI=1S/C16H16N2O5S/c19-14(7-15-18-11(9-24-15)6-16(20)21)17-8-10-1-2-12-13(5-10)23-4-3-22-12/h1-2,5,9H,3-4,6-8H2,(H,17,19)(H,20,21)/p-1. The van der Waals surface area contributed by atoms with Gasteiger partial charge in [0.05, 0.1) is 12.1 Å². The summed E-state index contributed by atoms with van der Waals surface area (Å²) in [6.07, 6.45) is -0.127. The van der Waals surface area contributed by atoms with E-state index in [0.717, 1.165) is 5.56 Å². The second-order valence-corrected chi connectivity index (χ2v) is 6.16. The first kappa shape index (κ1) is 16.3. The Labute approximate surface area is 142 Å². The fourth-order valence-electron chi connectivity index (χ4n) is 2.26. The lowest BCUT2D eigenvalue weighted by Crippen LogP contribution is -2.25. The Bertz CT molecular complexity index is 759. The van der Waals surface area contributed by atoms with Gasteiger partial charge in [-0.25, -0.2) is 4.98 Å². The van der Waals surface area contributed by atoms with E-state index in [4.69, 9.17) is 9.47 Å². The molecule has 24 heavy (non-hydrogen) atoms. The third-order valence-electron chi connectivity index (χ3n) is 3.33. The Kier molecular flexibility index (Phi) is 4.95. The van der Waals surface area contributed by atoms with Gasteiger partial charge in [0, 0.05) is 24.3 Å². The molecular weight excluding hydrogens is 332 g/mol. The fraction of sp³-hybridized carbons (Fsp3) is 0.312. The first-order valence-corrected chi connectivity index (χ1v) is 8.26. The number of carboxylic acid groups (broad SMARTS) is 1. The van der Waals surface area contributed by atoms with E-state index >= 15 is 0 Å². The van der Waals surface area contributed by atoms with Crippen LogP contribution in [-0.4, -0.2) is 30.1 Å². The third-order valence-corrected chi connectivity index (χ3v) is 4.23. The second kappa shape index (κ2) is 7.31. The number of carbonyl (C=O) groups excluding carboxylic acids is 2. The molecule has 1 aromatic heterocycles. The lowest BCUT2D eigenvalue weighted by molar-refractivity contribution is -0.304. The van der Waals surface area contributed by atoms with E-state index in [2.05, 4.69) is 10.3 Å². The number of nitrogens with zero attached hydrogens (tertiary/aromatic N) is 1. The summed E-state index contributed by atoms with van der Waals surface area (Å²) in [6.45, 7) is 1.42. The summed E-state index contributed by atoms with van der Waals surface area (Å²) < 4.78 is 10.9. The van der Waals surface area contributed by atoms with Crippen molar-refractivity contribution in [1.29, 1.82) is 0 Å². The normalized spacial score (nSPS) is 12.7. The average Bonchev–Trinajstić information content (AvgIpc) is 2.99. The first-order chi connectivity index (χ1) is 11.6. The molecule has 0 unspecified atom stereocenters. The maximum Gasteiger partial charge on any atom is 0.227 e. The number of carboxylic acids is 1. The van der Waals surface area contributed by atoms with Gasteiger partial charge in [-0.2, -0.15) is 0 Å². The van der Waals surface area contributed by atoms with Crippen LogP contribution in [0.1, 0.15) is 16.3 Å². The molecule has 0 saturated carbocycles. The van der Waals surface area contributed by atoms with Crippen molar-refractivity contribution in [3.05, 3.63) is 39.8 Å². The summed E-state index contributed by atoms with van der Waals surface area (Å²) >= 11 is 1.26. The van der Waals surface area contributed by atoms with Crippen molar-refractivity contribution in [3.63, 3.8) is 0 Å². The van der Waals surface area contributed by atoms with Crippen molar-refractivity contribution < 1.29 is 24.2 Å². The second-order valence-electron chi connectivity index (χ2n) is 5.21. The molecule has 1 aliphatic heterocycles. The molecule has 1 N–H and O–H groups in total. The number of carbonyl (C=O) groups is 2. The molecular formula is C16H15N2O5S-. The van der Waals surface area contributed by atoms with E-state index < -0.39 is 5.97 Å². The van der Waals surface area contributed by atoms with Crippen molar-refractivity contribution in [2.75, 3.05) is 13.2 Å². The predicted molar refractivity (Wildman–Crippen MR) is 83.8 cm³/mol. The first-order valence-electron chi connectivity index (χ1n) is 7.38. The molecule has 126 valence electrons.